The van der Waals surface area contributed by atoms with Crippen molar-refractivity contribution in [3.05, 3.63) is 58.3 Å². The molecular formula is C30H44BrN3O3. The monoisotopic (exact) mass is 573 g/mol. The fourth-order valence-electron chi connectivity index (χ4n) is 5.15. The standard InChI is InChI=1S/C30H44BrN3O3/c1-3-4-6-14-29(35)33(20-10-21-37-2)24-30(36)34(27-11-7-5-8-12-27)23-28-13-9-19-32(28)22-25-15-17-26(31)18-16-25/h9,13,15-19,27H,3-8,10-12,14,20-24H2,1-2H3. The number of hydrogen-bond acceptors (Lipinski definition) is 3. The van der Waals surface area contributed by atoms with Gasteiger partial charge in [-0.3, -0.25) is 9.59 Å². The van der Waals surface area contributed by atoms with Crippen molar-refractivity contribution in [2.75, 3.05) is 26.8 Å². The number of aromatic nitrogens is 1. The zero-order valence-corrected chi connectivity index (χ0v) is 24.3. The maximum Gasteiger partial charge on any atom is 0.242 e. The van der Waals surface area contributed by atoms with Crippen molar-refractivity contribution in [1.82, 2.24) is 14.4 Å². The first-order chi connectivity index (χ1) is 18.0. The van der Waals surface area contributed by atoms with Crippen molar-refractivity contribution >= 4 is 27.7 Å². The fraction of sp³-hybridized carbons (Fsp3) is 0.600. The third-order valence-electron chi connectivity index (χ3n) is 7.31. The lowest BCUT2D eigenvalue weighted by atomic mass is 9.94. The first-order valence-corrected chi connectivity index (χ1v) is 14.8. The molecule has 204 valence electrons. The van der Waals surface area contributed by atoms with Crippen molar-refractivity contribution in [1.29, 1.82) is 0 Å². The number of amides is 2. The van der Waals surface area contributed by atoms with E-state index in [1.807, 2.05) is 0 Å². The number of hydrogen-bond donors (Lipinski definition) is 0. The highest BCUT2D eigenvalue weighted by Crippen LogP contribution is 2.25. The molecule has 3 rings (SSSR count). The Labute approximate surface area is 231 Å². The van der Waals surface area contributed by atoms with E-state index in [2.05, 4.69) is 74.9 Å². The van der Waals surface area contributed by atoms with Gasteiger partial charge in [0.1, 0.15) is 0 Å². The van der Waals surface area contributed by atoms with Gasteiger partial charge in [-0.1, -0.05) is 67.1 Å². The summed E-state index contributed by atoms with van der Waals surface area (Å²) in [5, 5.41) is 0. The van der Waals surface area contributed by atoms with E-state index in [0.717, 1.165) is 68.1 Å². The first kappa shape index (κ1) is 29.4. The number of nitrogens with zero attached hydrogens (tertiary/aromatic N) is 3. The van der Waals surface area contributed by atoms with E-state index < -0.39 is 0 Å². The number of benzene rings is 1. The molecule has 1 aliphatic carbocycles. The largest absolute Gasteiger partial charge is 0.385 e. The molecule has 1 aromatic heterocycles. The number of carbonyl (C=O) groups is 2. The predicted octanol–water partition coefficient (Wildman–Crippen LogP) is 6.41. The van der Waals surface area contributed by atoms with E-state index in [9.17, 15) is 9.59 Å². The minimum Gasteiger partial charge on any atom is -0.385 e. The van der Waals surface area contributed by atoms with Gasteiger partial charge in [-0.25, -0.2) is 0 Å². The van der Waals surface area contributed by atoms with Gasteiger partial charge in [0, 0.05) is 55.6 Å². The van der Waals surface area contributed by atoms with Crippen LogP contribution in [0.1, 0.15) is 82.4 Å². The van der Waals surface area contributed by atoms with Gasteiger partial charge in [0.15, 0.2) is 0 Å². The average Bonchev–Trinajstić information content (AvgIpc) is 3.35. The molecule has 37 heavy (non-hydrogen) atoms. The number of carbonyl (C=O) groups excluding carboxylic acids is 2. The molecule has 1 aliphatic rings. The van der Waals surface area contributed by atoms with Crippen molar-refractivity contribution in [2.45, 2.75) is 90.3 Å². The molecule has 2 aromatic rings. The van der Waals surface area contributed by atoms with Crippen LogP contribution >= 0.6 is 15.9 Å². The van der Waals surface area contributed by atoms with Gasteiger partial charge in [0.2, 0.25) is 11.8 Å². The highest BCUT2D eigenvalue weighted by molar-refractivity contribution is 9.10. The van der Waals surface area contributed by atoms with Gasteiger partial charge in [-0.15, -0.1) is 0 Å². The molecule has 0 aliphatic heterocycles. The van der Waals surface area contributed by atoms with Crippen LogP contribution in [-0.4, -0.2) is 59.0 Å². The van der Waals surface area contributed by atoms with E-state index in [1.165, 1.54) is 12.0 Å². The molecule has 0 radical (unpaired) electrons. The van der Waals surface area contributed by atoms with Gasteiger partial charge >= 0.3 is 0 Å². The Morgan fingerprint density at radius 3 is 2.49 bits per heavy atom. The number of rotatable bonds is 15. The second-order valence-electron chi connectivity index (χ2n) is 10.2. The topological polar surface area (TPSA) is 54.8 Å². The Balaban J connectivity index is 1.74. The lowest BCUT2D eigenvalue weighted by Gasteiger charge is -2.36. The molecule has 0 bridgehead atoms. The van der Waals surface area contributed by atoms with Crippen LogP contribution in [0.5, 0.6) is 0 Å². The highest BCUT2D eigenvalue weighted by atomic mass is 79.9. The average molecular weight is 575 g/mol. The summed E-state index contributed by atoms with van der Waals surface area (Å²) < 4.78 is 8.52. The van der Waals surface area contributed by atoms with Crippen LogP contribution in [0.2, 0.25) is 0 Å². The zero-order valence-electron chi connectivity index (χ0n) is 22.7. The quantitative estimate of drug-likeness (QED) is 0.231. The second-order valence-corrected chi connectivity index (χ2v) is 11.1. The Morgan fingerprint density at radius 2 is 1.78 bits per heavy atom. The SMILES string of the molecule is CCCCCC(=O)N(CCCOC)CC(=O)N(Cc1cccn1Cc1ccc(Br)cc1)C1CCCCC1. The summed E-state index contributed by atoms with van der Waals surface area (Å²) >= 11 is 3.51. The molecule has 7 heteroatoms. The van der Waals surface area contributed by atoms with Crippen LogP contribution in [0.4, 0.5) is 0 Å². The van der Waals surface area contributed by atoms with Crippen LogP contribution < -0.4 is 0 Å². The number of halogens is 1. The number of unbranched alkanes of at least 4 members (excludes halogenated alkanes) is 2. The number of methoxy groups -OCH3 is 1. The Morgan fingerprint density at radius 1 is 1.03 bits per heavy atom. The smallest absolute Gasteiger partial charge is 0.242 e. The molecule has 2 amide bonds. The van der Waals surface area contributed by atoms with Gasteiger partial charge in [0.25, 0.3) is 0 Å². The van der Waals surface area contributed by atoms with Crippen molar-refractivity contribution in [2.24, 2.45) is 0 Å². The summed E-state index contributed by atoms with van der Waals surface area (Å²) in [6, 6.07) is 12.8. The highest BCUT2D eigenvalue weighted by Gasteiger charge is 2.28. The maximum atomic E-state index is 13.8. The summed E-state index contributed by atoms with van der Waals surface area (Å²) in [7, 11) is 1.67. The van der Waals surface area contributed by atoms with Crippen LogP contribution in [0.15, 0.2) is 47.1 Å². The molecular weight excluding hydrogens is 530 g/mol. The summed E-state index contributed by atoms with van der Waals surface area (Å²) in [5.41, 5.74) is 2.35. The van der Waals surface area contributed by atoms with Crippen LogP contribution in [0, 0.1) is 0 Å². The molecule has 0 saturated heterocycles. The molecule has 0 unspecified atom stereocenters. The lowest BCUT2D eigenvalue weighted by molar-refractivity contribution is -0.143. The van der Waals surface area contributed by atoms with Gasteiger partial charge in [-0.2, -0.15) is 0 Å². The van der Waals surface area contributed by atoms with Crippen LogP contribution in [-0.2, 0) is 27.4 Å². The van der Waals surface area contributed by atoms with E-state index in [-0.39, 0.29) is 24.4 Å². The normalized spacial score (nSPS) is 14.0. The Hall–Kier alpha value is -2.12. The van der Waals surface area contributed by atoms with Crippen molar-refractivity contribution in [3.63, 3.8) is 0 Å². The third-order valence-corrected chi connectivity index (χ3v) is 7.84. The molecule has 1 heterocycles. The fourth-order valence-corrected chi connectivity index (χ4v) is 5.42. The summed E-state index contributed by atoms with van der Waals surface area (Å²) in [6.45, 7) is 4.77. The van der Waals surface area contributed by atoms with E-state index >= 15 is 0 Å². The molecule has 0 atom stereocenters. The van der Waals surface area contributed by atoms with E-state index in [0.29, 0.717) is 26.1 Å². The zero-order chi connectivity index (χ0) is 26.5. The lowest BCUT2D eigenvalue weighted by Crippen LogP contribution is -2.47. The molecule has 1 fully saturated rings. The second kappa shape index (κ2) is 16.0. The van der Waals surface area contributed by atoms with Crippen LogP contribution in [0.25, 0.3) is 0 Å². The Bertz CT molecular complexity index is 953. The summed E-state index contributed by atoms with van der Waals surface area (Å²) in [5.74, 6) is 0.143. The molecule has 1 aromatic carbocycles. The summed E-state index contributed by atoms with van der Waals surface area (Å²) in [6.07, 6.45) is 11.9. The first-order valence-electron chi connectivity index (χ1n) is 14.0. The minimum atomic E-state index is 0.0598. The number of ether oxygens (including phenoxy) is 1. The molecule has 6 nitrogen and oxygen atoms in total. The molecule has 0 spiro atoms. The molecule has 0 N–H and O–H groups in total. The van der Waals surface area contributed by atoms with Gasteiger partial charge < -0.3 is 19.1 Å². The van der Waals surface area contributed by atoms with Gasteiger partial charge in [0.05, 0.1) is 13.1 Å². The van der Waals surface area contributed by atoms with Gasteiger partial charge in [-0.05, 0) is 55.5 Å². The maximum absolute atomic E-state index is 13.8. The van der Waals surface area contributed by atoms with E-state index in [4.69, 9.17) is 4.74 Å². The minimum absolute atomic E-state index is 0.0598. The van der Waals surface area contributed by atoms with Crippen LogP contribution in [0.3, 0.4) is 0 Å². The molecule has 1 saturated carbocycles. The summed E-state index contributed by atoms with van der Waals surface area (Å²) in [4.78, 5) is 30.7. The van der Waals surface area contributed by atoms with Crippen molar-refractivity contribution < 1.29 is 14.3 Å². The van der Waals surface area contributed by atoms with E-state index in [1.54, 1.807) is 12.0 Å². The predicted molar refractivity (Wildman–Crippen MR) is 152 cm³/mol. The van der Waals surface area contributed by atoms with Crippen molar-refractivity contribution in [3.8, 4) is 0 Å². The Kier molecular flexibility index (Phi) is 12.7. The third kappa shape index (κ3) is 9.60.